The maximum Gasteiger partial charge on any atom is 0.203 e. The van der Waals surface area contributed by atoms with E-state index >= 15 is 0 Å². The van der Waals surface area contributed by atoms with Gasteiger partial charge in [-0.2, -0.15) is 0 Å². The zero-order chi connectivity index (χ0) is 17.1. The number of carbonyl (C=O) groups excluding carboxylic acids is 1. The van der Waals surface area contributed by atoms with Crippen LogP contribution in [0.3, 0.4) is 0 Å². The van der Waals surface area contributed by atoms with E-state index in [2.05, 4.69) is 4.98 Å². The molecule has 122 valence electrons. The van der Waals surface area contributed by atoms with Crippen LogP contribution in [0.5, 0.6) is 17.2 Å². The van der Waals surface area contributed by atoms with E-state index in [1.165, 1.54) is 21.3 Å². The third kappa shape index (κ3) is 2.76. The summed E-state index contributed by atoms with van der Waals surface area (Å²) in [5.41, 5.74) is 1.78. The number of benzene rings is 2. The summed E-state index contributed by atoms with van der Waals surface area (Å²) >= 11 is 0. The summed E-state index contributed by atoms with van der Waals surface area (Å²) in [6.45, 7) is 0. The lowest BCUT2D eigenvalue weighted by Crippen LogP contribution is -2.04. The largest absolute Gasteiger partial charge is 0.493 e. The third-order valence-corrected chi connectivity index (χ3v) is 3.80. The summed E-state index contributed by atoms with van der Waals surface area (Å²) in [5, 5.41) is 0.985. The van der Waals surface area contributed by atoms with Crippen molar-refractivity contribution >= 4 is 16.7 Å². The fourth-order valence-electron chi connectivity index (χ4n) is 2.59. The molecule has 0 spiro atoms. The van der Waals surface area contributed by atoms with E-state index in [-0.39, 0.29) is 5.78 Å². The Kier molecular flexibility index (Phi) is 4.33. The first kappa shape index (κ1) is 15.8. The van der Waals surface area contributed by atoms with Gasteiger partial charge < -0.3 is 14.2 Å². The van der Waals surface area contributed by atoms with Crippen LogP contribution in [0.2, 0.25) is 0 Å². The number of ether oxygens (including phenoxy) is 3. The number of ketones is 1. The van der Waals surface area contributed by atoms with Crippen LogP contribution in [-0.4, -0.2) is 32.1 Å². The molecule has 0 aliphatic carbocycles. The minimum atomic E-state index is -0.137. The molecule has 2 aromatic carbocycles. The van der Waals surface area contributed by atoms with Crippen LogP contribution in [-0.2, 0) is 0 Å². The highest BCUT2D eigenvalue weighted by Gasteiger charge is 2.18. The highest BCUT2D eigenvalue weighted by atomic mass is 16.5. The maximum atomic E-state index is 12.8. The predicted molar refractivity (Wildman–Crippen MR) is 91.3 cm³/mol. The number of fused-ring (bicyclic) bond motifs is 1. The second-order valence-corrected chi connectivity index (χ2v) is 5.15. The average Bonchev–Trinajstić information content (AvgIpc) is 2.65. The smallest absolute Gasteiger partial charge is 0.203 e. The van der Waals surface area contributed by atoms with E-state index in [1.54, 1.807) is 30.5 Å². The van der Waals surface area contributed by atoms with Gasteiger partial charge in [0, 0.05) is 22.7 Å². The summed E-state index contributed by atoms with van der Waals surface area (Å²) in [6, 6.07) is 12.6. The lowest BCUT2D eigenvalue weighted by atomic mass is 10.0. The van der Waals surface area contributed by atoms with Gasteiger partial charge in [-0.05, 0) is 24.3 Å². The normalized spacial score (nSPS) is 10.5. The lowest BCUT2D eigenvalue weighted by Gasteiger charge is -2.13. The van der Waals surface area contributed by atoms with Gasteiger partial charge in [-0.1, -0.05) is 18.2 Å². The molecule has 0 aliphatic heterocycles. The van der Waals surface area contributed by atoms with E-state index in [1.807, 2.05) is 18.2 Å². The van der Waals surface area contributed by atoms with E-state index in [0.29, 0.717) is 28.4 Å². The molecule has 0 amide bonds. The second-order valence-electron chi connectivity index (χ2n) is 5.15. The molecule has 3 rings (SSSR count). The monoisotopic (exact) mass is 323 g/mol. The summed E-state index contributed by atoms with van der Waals surface area (Å²) < 4.78 is 15.9. The first-order valence-electron chi connectivity index (χ1n) is 7.37. The highest BCUT2D eigenvalue weighted by Crippen LogP contribution is 2.38. The van der Waals surface area contributed by atoms with E-state index in [4.69, 9.17) is 14.2 Å². The Morgan fingerprint density at radius 2 is 1.58 bits per heavy atom. The fourth-order valence-corrected chi connectivity index (χ4v) is 2.59. The number of methoxy groups -OCH3 is 3. The Labute approximate surface area is 139 Å². The van der Waals surface area contributed by atoms with Crippen molar-refractivity contribution in [3.05, 3.63) is 59.8 Å². The van der Waals surface area contributed by atoms with Gasteiger partial charge in [-0.25, -0.2) is 0 Å². The van der Waals surface area contributed by atoms with E-state index in [9.17, 15) is 4.79 Å². The summed E-state index contributed by atoms with van der Waals surface area (Å²) in [5.74, 6) is 1.21. The maximum absolute atomic E-state index is 12.8. The van der Waals surface area contributed by atoms with Gasteiger partial charge in [-0.3, -0.25) is 9.78 Å². The van der Waals surface area contributed by atoms with Gasteiger partial charge in [0.05, 0.1) is 26.8 Å². The van der Waals surface area contributed by atoms with Crippen molar-refractivity contribution in [3.8, 4) is 17.2 Å². The number of hydrogen-bond acceptors (Lipinski definition) is 5. The Morgan fingerprint density at radius 1 is 0.875 bits per heavy atom. The first-order valence-corrected chi connectivity index (χ1v) is 7.37. The highest BCUT2D eigenvalue weighted by molar-refractivity contribution is 6.11. The molecule has 0 saturated carbocycles. The molecule has 24 heavy (non-hydrogen) atoms. The molecule has 0 bridgehead atoms. The number of rotatable bonds is 5. The number of hydrogen-bond donors (Lipinski definition) is 0. The molecule has 3 aromatic rings. The van der Waals surface area contributed by atoms with Crippen molar-refractivity contribution in [1.29, 1.82) is 0 Å². The van der Waals surface area contributed by atoms with Crippen LogP contribution in [0.25, 0.3) is 10.9 Å². The van der Waals surface area contributed by atoms with Gasteiger partial charge in [-0.15, -0.1) is 0 Å². The van der Waals surface area contributed by atoms with Gasteiger partial charge in [0.15, 0.2) is 17.3 Å². The van der Waals surface area contributed by atoms with Crippen LogP contribution < -0.4 is 14.2 Å². The minimum absolute atomic E-state index is 0.137. The van der Waals surface area contributed by atoms with Crippen molar-refractivity contribution in [2.75, 3.05) is 21.3 Å². The summed E-state index contributed by atoms with van der Waals surface area (Å²) in [4.78, 5) is 17.1. The quantitative estimate of drug-likeness (QED) is 0.673. The molecule has 0 saturated heterocycles. The van der Waals surface area contributed by atoms with Crippen LogP contribution in [0.1, 0.15) is 15.9 Å². The van der Waals surface area contributed by atoms with Crippen molar-refractivity contribution in [2.24, 2.45) is 0 Å². The summed E-state index contributed by atoms with van der Waals surface area (Å²) in [6.07, 6.45) is 1.70. The fraction of sp³-hybridized carbons (Fsp3) is 0.158. The van der Waals surface area contributed by atoms with Gasteiger partial charge in [0.1, 0.15) is 0 Å². The topological polar surface area (TPSA) is 57.7 Å². The number of nitrogens with zero attached hydrogens (tertiary/aromatic N) is 1. The molecule has 0 fully saturated rings. The molecular formula is C19H17NO4. The SMILES string of the molecule is COc1cc(C(=O)c2ccc3cccnc3c2)cc(OC)c1OC. The zero-order valence-corrected chi connectivity index (χ0v) is 13.7. The van der Waals surface area contributed by atoms with Crippen LogP contribution in [0, 0.1) is 0 Å². The molecule has 5 heteroatoms. The van der Waals surface area contributed by atoms with Gasteiger partial charge in [0.2, 0.25) is 5.75 Å². The van der Waals surface area contributed by atoms with E-state index < -0.39 is 0 Å². The van der Waals surface area contributed by atoms with E-state index in [0.717, 1.165) is 10.9 Å². The second kappa shape index (κ2) is 6.58. The zero-order valence-electron chi connectivity index (χ0n) is 13.7. The average molecular weight is 323 g/mol. The van der Waals surface area contributed by atoms with Crippen molar-refractivity contribution < 1.29 is 19.0 Å². The molecule has 0 radical (unpaired) electrons. The van der Waals surface area contributed by atoms with Crippen molar-refractivity contribution in [2.45, 2.75) is 0 Å². The molecule has 0 aliphatic rings. The van der Waals surface area contributed by atoms with Crippen LogP contribution in [0.4, 0.5) is 0 Å². The van der Waals surface area contributed by atoms with Crippen LogP contribution in [0.15, 0.2) is 48.7 Å². The number of carbonyl (C=O) groups is 1. The number of pyridine rings is 1. The molecule has 0 N–H and O–H groups in total. The lowest BCUT2D eigenvalue weighted by molar-refractivity contribution is 0.103. The molecule has 1 aromatic heterocycles. The first-order chi connectivity index (χ1) is 11.7. The van der Waals surface area contributed by atoms with Gasteiger partial charge >= 0.3 is 0 Å². The summed E-state index contributed by atoms with van der Waals surface area (Å²) in [7, 11) is 4.56. The Balaban J connectivity index is 2.08. The van der Waals surface area contributed by atoms with Crippen LogP contribution >= 0.6 is 0 Å². The number of aromatic nitrogens is 1. The van der Waals surface area contributed by atoms with Gasteiger partial charge in [0.25, 0.3) is 0 Å². The Morgan fingerprint density at radius 3 is 2.21 bits per heavy atom. The molecule has 0 unspecified atom stereocenters. The van der Waals surface area contributed by atoms with Crippen molar-refractivity contribution in [1.82, 2.24) is 4.98 Å². The Bertz CT molecular complexity index is 880. The molecule has 5 nitrogen and oxygen atoms in total. The predicted octanol–water partition coefficient (Wildman–Crippen LogP) is 3.49. The Hall–Kier alpha value is -3.08. The third-order valence-electron chi connectivity index (χ3n) is 3.80. The molecule has 0 atom stereocenters. The van der Waals surface area contributed by atoms with Crippen molar-refractivity contribution in [3.63, 3.8) is 0 Å². The molecule has 1 heterocycles. The molecular weight excluding hydrogens is 306 g/mol. The minimum Gasteiger partial charge on any atom is -0.493 e. The standard InChI is InChI=1S/C19H17NO4/c1-22-16-10-14(11-17(23-2)19(16)24-3)18(21)13-7-6-12-5-4-8-20-15(12)9-13/h4-11H,1-3H3.